The van der Waals surface area contributed by atoms with E-state index in [4.69, 9.17) is 9.15 Å². The summed E-state index contributed by atoms with van der Waals surface area (Å²) >= 11 is 0. The molecule has 2 aromatic rings. The first-order valence-electron chi connectivity index (χ1n) is 7.23. The lowest BCUT2D eigenvalue weighted by atomic mass is 10.1. The molecule has 1 heterocycles. The molecule has 0 radical (unpaired) electrons. The van der Waals surface area contributed by atoms with Crippen molar-refractivity contribution >= 4 is 17.6 Å². The summed E-state index contributed by atoms with van der Waals surface area (Å²) in [5.74, 6) is -0.776. The number of non-ortho nitro benzene ring substituents is 1. The van der Waals surface area contributed by atoms with Gasteiger partial charge < -0.3 is 14.5 Å². The number of nitrogens with one attached hydrogen (secondary N) is 1. The fraction of sp³-hybridized carbons (Fsp3) is 0.250. The molecule has 0 aliphatic heterocycles. The molecule has 1 unspecified atom stereocenters. The zero-order valence-corrected chi connectivity index (χ0v) is 12.9. The first-order valence-corrected chi connectivity index (χ1v) is 7.23. The summed E-state index contributed by atoms with van der Waals surface area (Å²) in [5, 5.41) is 13.3. The lowest BCUT2D eigenvalue weighted by Crippen LogP contribution is -2.26. The van der Waals surface area contributed by atoms with Crippen molar-refractivity contribution in [3.05, 3.63) is 64.1 Å². The smallest absolute Gasteiger partial charge is 0.308 e. The van der Waals surface area contributed by atoms with Gasteiger partial charge in [-0.15, -0.1) is 0 Å². The Labute approximate surface area is 137 Å². The van der Waals surface area contributed by atoms with Crippen molar-refractivity contribution in [1.82, 2.24) is 5.32 Å². The van der Waals surface area contributed by atoms with Gasteiger partial charge in [0.15, 0.2) is 5.76 Å². The van der Waals surface area contributed by atoms with E-state index in [9.17, 15) is 19.7 Å². The van der Waals surface area contributed by atoms with Crippen LogP contribution in [0.25, 0.3) is 0 Å². The highest BCUT2D eigenvalue weighted by molar-refractivity contribution is 5.91. The Morgan fingerprint density at radius 1 is 1.33 bits per heavy atom. The molecule has 1 amide bonds. The number of nitro benzene ring substituents is 1. The number of nitro groups is 1. The van der Waals surface area contributed by atoms with E-state index in [0.717, 1.165) is 0 Å². The van der Waals surface area contributed by atoms with Gasteiger partial charge in [-0.05, 0) is 24.6 Å². The van der Waals surface area contributed by atoms with Crippen molar-refractivity contribution in [2.75, 3.05) is 6.54 Å². The van der Waals surface area contributed by atoms with Crippen LogP contribution < -0.4 is 5.32 Å². The van der Waals surface area contributed by atoms with Gasteiger partial charge in [0.2, 0.25) is 0 Å². The summed E-state index contributed by atoms with van der Waals surface area (Å²) < 4.78 is 10.1. The number of carbonyl (C=O) groups is 2. The number of nitrogens with zero attached hydrogens (tertiary/aromatic N) is 1. The van der Waals surface area contributed by atoms with E-state index in [2.05, 4.69) is 5.32 Å². The van der Waals surface area contributed by atoms with Gasteiger partial charge in [-0.2, -0.15) is 0 Å². The second-order valence-corrected chi connectivity index (χ2v) is 4.97. The van der Waals surface area contributed by atoms with Gasteiger partial charge >= 0.3 is 5.97 Å². The number of rotatable bonds is 7. The van der Waals surface area contributed by atoms with Crippen molar-refractivity contribution in [2.24, 2.45) is 0 Å². The Hall–Kier alpha value is -3.16. The number of benzene rings is 1. The van der Waals surface area contributed by atoms with Crippen molar-refractivity contribution in [2.45, 2.75) is 19.4 Å². The van der Waals surface area contributed by atoms with Crippen molar-refractivity contribution in [1.29, 1.82) is 0 Å². The minimum Gasteiger partial charge on any atom is -0.459 e. The lowest BCUT2D eigenvalue weighted by Gasteiger charge is -2.13. The van der Waals surface area contributed by atoms with Gasteiger partial charge in [0.1, 0.15) is 6.10 Å². The van der Waals surface area contributed by atoms with Crippen molar-refractivity contribution in [3.8, 4) is 0 Å². The van der Waals surface area contributed by atoms with Crippen LogP contribution in [0.3, 0.4) is 0 Å². The van der Waals surface area contributed by atoms with Crippen LogP contribution in [-0.2, 0) is 9.53 Å². The van der Waals surface area contributed by atoms with Gasteiger partial charge in [-0.1, -0.05) is 12.1 Å². The molecule has 8 nitrogen and oxygen atoms in total. The van der Waals surface area contributed by atoms with Gasteiger partial charge in [0.25, 0.3) is 11.6 Å². The van der Waals surface area contributed by atoms with Gasteiger partial charge in [0.05, 0.1) is 17.6 Å². The van der Waals surface area contributed by atoms with Gasteiger partial charge in [-0.25, -0.2) is 0 Å². The summed E-state index contributed by atoms with van der Waals surface area (Å²) in [6.45, 7) is 1.72. The summed E-state index contributed by atoms with van der Waals surface area (Å²) in [4.78, 5) is 33.6. The van der Waals surface area contributed by atoms with Crippen molar-refractivity contribution < 1.29 is 23.7 Å². The second-order valence-electron chi connectivity index (χ2n) is 4.97. The largest absolute Gasteiger partial charge is 0.459 e. The normalized spacial score (nSPS) is 11.5. The van der Waals surface area contributed by atoms with Crippen LogP contribution in [0.1, 0.15) is 35.6 Å². The maximum atomic E-state index is 11.8. The standard InChI is InChI=1S/C16H16N2O6/c1-11(12-4-2-5-13(10-12)18(21)22)24-15(19)7-8-17-16(20)14-6-3-9-23-14/h2-6,9-11H,7-8H2,1H3,(H,17,20). The number of amides is 1. The van der Waals surface area contributed by atoms with Crippen molar-refractivity contribution in [3.63, 3.8) is 0 Å². The zero-order valence-electron chi connectivity index (χ0n) is 12.9. The molecule has 0 fully saturated rings. The Morgan fingerprint density at radius 2 is 2.12 bits per heavy atom. The molecule has 1 atom stereocenters. The number of esters is 1. The van der Waals surface area contributed by atoms with Crippen LogP contribution in [0, 0.1) is 10.1 Å². The molecular weight excluding hydrogens is 316 g/mol. The van der Waals surface area contributed by atoms with E-state index in [0.29, 0.717) is 5.56 Å². The minimum absolute atomic E-state index is 0.0221. The fourth-order valence-corrected chi connectivity index (χ4v) is 1.99. The minimum atomic E-state index is -0.627. The molecule has 126 valence electrons. The number of carbonyl (C=O) groups excluding carboxylic acids is 2. The maximum absolute atomic E-state index is 11.8. The SMILES string of the molecule is CC(OC(=O)CCNC(=O)c1ccco1)c1cccc([N+](=O)[O-])c1. The fourth-order valence-electron chi connectivity index (χ4n) is 1.99. The Kier molecular flexibility index (Phi) is 5.67. The first-order chi connectivity index (χ1) is 11.5. The molecule has 24 heavy (non-hydrogen) atoms. The monoisotopic (exact) mass is 332 g/mol. The highest BCUT2D eigenvalue weighted by Gasteiger charge is 2.15. The topological polar surface area (TPSA) is 112 Å². The number of furan rings is 1. The van der Waals surface area contributed by atoms with E-state index < -0.39 is 22.9 Å². The third-order valence-electron chi connectivity index (χ3n) is 3.22. The molecular formula is C16H16N2O6. The van der Waals surface area contributed by atoms with Gasteiger partial charge in [0, 0.05) is 18.7 Å². The number of hydrogen-bond acceptors (Lipinski definition) is 6. The van der Waals surface area contributed by atoms with Gasteiger partial charge in [-0.3, -0.25) is 19.7 Å². The second kappa shape index (κ2) is 7.91. The Bertz CT molecular complexity index is 726. The summed E-state index contributed by atoms with van der Waals surface area (Å²) in [6.07, 6.45) is 0.730. The molecule has 0 bridgehead atoms. The Morgan fingerprint density at radius 3 is 2.79 bits per heavy atom. The predicted molar refractivity (Wildman–Crippen MR) is 83.3 cm³/mol. The summed E-state index contributed by atoms with van der Waals surface area (Å²) in [7, 11) is 0. The third-order valence-corrected chi connectivity index (χ3v) is 3.22. The average molecular weight is 332 g/mol. The van der Waals surface area contributed by atoms with Crippen LogP contribution >= 0.6 is 0 Å². The molecule has 0 aliphatic carbocycles. The molecule has 0 spiro atoms. The van der Waals surface area contributed by atoms with E-state index in [1.807, 2.05) is 0 Å². The average Bonchev–Trinajstić information content (AvgIpc) is 3.09. The van der Waals surface area contributed by atoms with E-state index >= 15 is 0 Å². The van der Waals surface area contributed by atoms with E-state index in [1.54, 1.807) is 19.1 Å². The molecule has 0 saturated heterocycles. The quantitative estimate of drug-likeness (QED) is 0.474. The van der Waals surface area contributed by atoms with E-state index in [-0.39, 0.29) is 24.4 Å². The number of ether oxygens (including phenoxy) is 1. The van der Waals surface area contributed by atoms with Crippen LogP contribution in [0.5, 0.6) is 0 Å². The third kappa shape index (κ3) is 4.67. The molecule has 1 aromatic carbocycles. The van der Waals surface area contributed by atoms with Crippen LogP contribution in [-0.4, -0.2) is 23.3 Å². The predicted octanol–water partition coefficient (Wildman–Crippen LogP) is 2.61. The zero-order chi connectivity index (χ0) is 17.5. The van der Waals surface area contributed by atoms with Crippen LogP contribution in [0.2, 0.25) is 0 Å². The summed E-state index contributed by atoms with van der Waals surface area (Å²) in [5.41, 5.74) is 0.457. The highest BCUT2D eigenvalue weighted by Crippen LogP contribution is 2.21. The molecule has 2 rings (SSSR count). The molecule has 1 N–H and O–H groups in total. The molecule has 0 aliphatic rings. The van der Waals surface area contributed by atoms with Crippen LogP contribution in [0.15, 0.2) is 47.1 Å². The maximum Gasteiger partial charge on any atom is 0.308 e. The summed E-state index contributed by atoms with van der Waals surface area (Å²) in [6, 6.07) is 8.99. The molecule has 0 saturated carbocycles. The molecule has 8 heteroatoms. The molecule has 1 aromatic heterocycles. The van der Waals surface area contributed by atoms with E-state index in [1.165, 1.54) is 30.5 Å². The van der Waals surface area contributed by atoms with Crippen LogP contribution in [0.4, 0.5) is 5.69 Å². The lowest BCUT2D eigenvalue weighted by molar-refractivity contribution is -0.385. The highest BCUT2D eigenvalue weighted by atomic mass is 16.6. The first kappa shape index (κ1) is 17.2. The number of hydrogen-bond donors (Lipinski definition) is 1. The Balaban J connectivity index is 1.80.